The van der Waals surface area contributed by atoms with Crippen molar-refractivity contribution in [3.8, 4) is 0 Å². The predicted molar refractivity (Wildman–Crippen MR) is 91.8 cm³/mol. The predicted octanol–water partition coefficient (Wildman–Crippen LogP) is 6.57. The van der Waals surface area contributed by atoms with Gasteiger partial charge in [-0.2, -0.15) is 0 Å². The Bertz CT molecular complexity index is 561. The lowest BCUT2D eigenvalue weighted by atomic mass is 9.96. The van der Waals surface area contributed by atoms with Crippen LogP contribution in [0.4, 0.5) is 5.69 Å². The van der Waals surface area contributed by atoms with Gasteiger partial charge in [-0.1, -0.05) is 83.3 Å². The van der Waals surface area contributed by atoms with Crippen LogP contribution in [0.2, 0.25) is 10.0 Å². The summed E-state index contributed by atoms with van der Waals surface area (Å²) < 4.78 is 0.874. The summed E-state index contributed by atoms with van der Waals surface area (Å²) in [7, 11) is 0. The van der Waals surface area contributed by atoms with Crippen molar-refractivity contribution in [1.29, 1.82) is 0 Å². The number of halogens is 3. The molecule has 0 fully saturated rings. The van der Waals surface area contributed by atoms with Crippen LogP contribution < -0.4 is 5.32 Å². The van der Waals surface area contributed by atoms with E-state index in [-0.39, 0.29) is 6.04 Å². The molecule has 0 amide bonds. The standard InChI is InChI=1S/C16H16BrCl2N/c1-10(2)15(11-6-4-3-5-7-11)20-16-13(18)8-12(17)9-14(16)19/h3-10,15,20H,1-2H3. The topological polar surface area (TPSA) is 12.0 Å². The molecule has 0 aliphatic heterocycles. The first-order valence-corrected chi connectivity index (χ1v) is 8.00. The van der Waals surface area contributed by atoms with Gasteiger partial charge < -0.3 is 5.32 Å². The Hall–Kier alpha value is -0.700. The molecule has 2 aromatic rings. The molecule has 4 heteroatoms. The van der Waals surface area contributed by atoms with Gasteiger partial charge in [0.05, 0.1) is 21.8 Å². The van der Waals surface area contributed by atoms with Crippen LogP contribution in [-0.4, -0.2) is 0 Å². The van der Waals surface area contributed by atoms with Gasteiger partial charge >= 0.3 is 0 Å². The average molecular weight is 373 g/mol. The molecule has 0 heterocycles. The SMILES string of the molecule is CC(C)C(Nc1c(Cl)cc(Br)cc1Cl)c1ccccc1. The molecule has 0 radical (unpaired) electrons. The molecule has 106 valence electrons. The van der Waals surface area contributed by atoms with Crippen LogP contribution in [0.3, 0.4) is 0 Å². The lowest BCUT2D eigenvalue weighted by molar-refractivity contribution is 0.546. The molecule has 1 unspecified atom stereocenters. The van der Waals surface area contributed by atoms with Crippen LogP contribution in [0.25, 0.3) is 0 Å². The highest BCUT2D eigenvalue weighted by Crippen LogP contribution is 2.37. The van der Waals surface area contributed by atoms with Gasteiger partial charge in [0.1, 0.15) is 0 Å². The minimum atomic E-state index is 0.160. The first-order valence-electron chi connectivity index (χ1n) is 6.45. The fraction of sp³-hybridized carbons (Fsp3) is 0.250. The van der Waals surface area contributed by atoms with Gasteiger partial charge in [-0.05, 0) is 23.6 Å². The average Bonchev–Trinajstić information content (AvgIpc) is 2.38. The van der Waals surface area contributed by atoms with Crippen molar-refractivity contribution >= 4 is 44.8 Å². The van der Waals surface area contributed by atoms with E-state index in [4.69, 9.17) is 23.2 Å². The number of anilines is 1. The molecule has 0 aliphatic rings. The molecule has 2 rings (SSSR count). The summed E-state index contributed by atoms with van der Waals surface area (Å²) in [5, 5.41) is 4.71. The number of hydrogen-bond donors (Lipinski definition) is 1. The summed E-state index contributed by atoms with van der Waals surface area (Å²) in [5.41, 5.74) is 2.00. The molecular weight excluding hydrogens is 357 g/mol. The molecule has 1 atom stereocenters. The van der Waals surface area contributed by atoms with Gasteiger partial charge in [0.15, 0.2) is 0 Å². The largest absolute Gasteiger partial charge is 0.376 e. The summed E-state index contributed by atoms with van der Waals surface area (Å²) in [5.74, 6) is 0.410. The zero-order valence-corrected chi connectivity index (χ0v) is 14.4. The van der Waals surface area contributed by atoms with Crippen molar-refractivity contribution in [3.63, 3.8) is 0 Å². The Balaban J connectivity index is 2.35. The van der Waals surface area contributed by atoms with E-state index in [1.54, 1.807) is 0 Å². The molecule has 0 bridgehead atoms. The first kappa shape index (κ1) is 15.7. The van der Waals surface area contributed by atoms with Gasteiger partial charge in [-0.15, -0.1) is 0 Å². The first-order chi connectivity index (χ1) is 9.49. The van der Waals surface area contributed by atoms with E-state index < -0.39 is 0 Å². The Kier molecular flexibility index (Phi) is 5.36. The van der Waals surface area contributed by atoms with Crippen molar-refractivity contribution in [2.75, 3.05) is 5.32 Å². The van der Waals surface area contributed by atoms with Crippen LogP contribution in [-0.2, 0) is 0 Å². The van der Waals surface area contributed by atoms with E-state index in [0.29, 0.717) is 16.0 Å². The number of hydrogen-bond acceptors (Lipinski definition) is 1. The van der Waals surface area contributed by atoms with Crippen LogP contribution in [0, 0.1) is 5.92 Å². The van der Waals surface area contributed by atoms with Crippen molar-refractivity contribution in [1.82, 2.24) is 0 Å². The Morgan fingerprint density at radius 2 is 1.55 bits per heavy atom. The monoisotopic (exact) mass is 371 g/mol. The Labute approximate surface area is 138 Å². The smallest absolute Gasteiger partial charge is 0.0724 e. The van der Waals surface area contributed by atoms with E-state index in [9.17, 15) is 0 Å². The quantitative estimate of drug-likeness (QED) is 0.640. The van der Waals surface area contributed by atoms with E-state index in [1.807, 2.05) is 30.3 Å². The second kappa shape index (κ2) is 6.84. The molecule has 2 aromatic carbocycles. The maximum absolute atomic E-state index is 6.29. The lowest BCUT2D eigenvalue weighted by Crippen LogP contribution is -2.17. The zero-order valence-electron chi connectivity index (χ0n) is 11.3. The Morgan fingerprint density at radius 3 is 2.05 bits per heavy atom. The fourth-order valence-corrected chi connectivity index (χ4v) is 3.45. The van der Waals surface area contributed by atoms with Crippen LogP contribution >= 0.6 is 39.1 Å². The number of benzene rings is 2. The third-order valence-corrected chi connectivity index (χ3v) is 4.19. The molecule has 0 aliphatic carbocycles. The molecule has 0 saturated carbocycles. The molecule has 0 saturated heterocycles. The number of nitrogens with one attached hydrogen (secondary N) is 1. The highest BCUT2D eigenvalue weighted by Gasteiger charge is 2.18. The minimum Gasteiger partial charge on any atom is -0.376 e. The highest BCUT2D eigenvalue weighted by atomic mass is 79.9. The van der Waals surface area contributed by atoms with Crippen LogP contribution in [0.15, 0.2) is 46.9 Å². The van der Waals surface area contributed by atoms with Crippen molar-refractivity contribution < 1.29 is 0 Å². The molecule has 1 N–H and O–H groups in total. The van der Waals surface area contributed by atoms with Crippen molar-refractivity contribution in [3.05, 3.63) is 62.5 Å². The summed E-state index contributed by atoms with van der Waals surface area (Å²) in [6.07, 6.45) is 0. The molecular formula is C16H16BrCl2N. The lowest BCUT2D eigenvalue weighted by Gasteiger charge is -2.25. The zero-order chi connectivity index (χ0) is 14.7. The summed E-state index contributed by atoms with van der Waals surface area (Å²) in [6.45, 7) is 4.34. The molecule has 20 heavy (non-hydrogen) atoms. The summed E-state index contributed by atoms with van der Waals surface area (Å²) in [4.78, 5) is 0. The Morgan fingerprint density at radius 1 is 1.00 bits per heavy atom. The normalized spacial score (nSPS) is 12.5. The van der Waals surface area contributed by atoms with Gasteiger partial charge in [0, 0.05) is 4.47 Å². The molecule has 1 nitrogen and oxygen atoms in total. The second-order valence-corrected chi connectivity index (χ2v) is 6.75. The third kappa shape index (κ3) is 3.69. The third-order valence-electron chi connectivity index (χ3n) is 3.13. The van der Waals surface area contributed by atoms with Gasteiger partial charge in [0.25, 0.3) is 0 Å². The van der Waals surface area contributed by atoms with Crippen LogP contribution in [0.1, 0.15) is 25.5 Å². The maximum Gasteiger partial charge on any atom is 0.0724 e. The van der Waals surface area contributed by atoms with Gasteiger partial charge in [-0.25, -0.2) is 0 Å². The van der Waals surface area contributed by atoms with E-state index in [2.05, 4.69) is 47.2 Å². The summed E-state index contributed by atoms with van der Waals surface area (Å²) >= 11 is 16.0. The number of rotatable bonds is 4. The van der Waals surface area contributed by atoms with Gasteiger partial charge in [0.2, 0.25) is 0 Å². The second-order valence-electron chi connectivity index (χ2n) is 5.02. The molecule has 0 spiro atoms. The van der Waals surface area contributed by atoms with Crippen LogP contribution in [0.5, 0.6) is 0 Å². The maximum atomic E-state index is 6.29. The fourth-order valence-electron chi connectivity index (χ4n) is 2.13. The van der Waals surface area contributed by atoms with Crippen molar-refractivity contribution in [2.24, 2.45) is 5.92 Å². The molecule has 0 aromatic heterocycles. The van der Waals surface area contributed by atoms with Gasteiger partial charge in [-0.3, -0.25) is 0 Å². The van der Waals surface area contributed by atoms with E-state index in [1.165, 1.54) is 5.56 Å². The van der Waals surface area contributed by atoms with E-state index >= 15 is 0 Å². The van der Waals surface area contributed by atoms with Crippen molar-refractivity contribution in [2.45, 2.75) is 19.9 Å². The van der Waals surface area contributed by atoms with E-state index in [0.717, 1.165) is 10.2 Å². The minimum absolute atomic E-state index is 0.160. The summed E-state index contributed by atoms with van der Waals surface area (Å²) in [6, 6.07) is 14.2. The highest BCUT2D eigenvalue weighted by molar-refractivity contribution is 9.10.